The number of anilines is 1. The van der Waals surface area contributed by atoms with E-state index in [1.807, 2.05) is 18.2 Å². The average Bonchev–Trinajstić information content (AvgIpc) is 2.60. The van der Waals surface area contributed by atoms with Gasteiger partial charge in [-0.15, -0.1) is 0 Å². The Morgan fingerprint density at radius 2 is 2.00 bits per heavy atom. The van der Waals surface area contributed by atoms with Crippen LogP contribution in [0.3, 0.4) is 0 Å². The van der Waals surface area contributed by atoms with E-state index in [-0.39, 0.29) is 5.91 Å². The minimum absolute atomic E-state index is 0.0803. The maximum atomic E-state index is 12.2. The summed E-state index contributed by atoms with van der Waals surface area (Å²) in [5.74, 6) is 0.625. The molecule has 2 aromatic rings. The Hall–Kier alpha value is -2.40. The predicted octanol–water partition coefficient (Wildman–Crippen LogP) is 2.50. The van der Waals surface area contributed by atoms with Crippen molar-refractivity contribution in [2.75, 3.05) is 32.1 Å². The molecule has 1 aromatic heterocycles. The summed E-state index contributed by atoms with van der Waals surface area (Å²) in [5, 5.41) is 6.12. The number of nitrogens with zero attached hydrogens (tertiary/aromatic N) is 1. The third-order valence-electron chi connectivity index (χ3n) is 3.40. The monoisotopic (exact) mass is 313 g/mol. The van der Waals surface area contributed by atoms with Crippen molar-refractivity contribution < 1.29 is 9.53 Å². The lowest BCUT2D eigenvalue weighted by molar-refractivity contribution is 0.0954. The minimum atomic E-state index is -0.0803. The lowest BCUT2D eigenvalue weighted by atomic mass is 10.1. The molecule has 0 saturated carbocycles. The fourth-order valence-corrected chi connectivity index (χ4v) is 2.17. The normalized spacial score (nSPS) is 10.3. The van der Waals surface area contributed by atoms with Gasteiger partial charge in [-0.05, 0) is 30.5 Å². The van der Waals surface area contributed by atoms with Crippen LogP contribution in [0.25, 0.3) is 0 Å². The van der Waals surface area contributed by atoms with Crippen molar-refractivity contribution in [3.8, 4) is 0 Å². The number of carbonyl (C=O) groups is 1. The van der Waals surface area contributed by atoms with Gasteiger partial charge in [-0.25, -0.2) is 4.98 Å². The number of carbonyl (C=O) groups excluding carboxylic acids is 1. The summed E-state index contributed by atoms with van der Waals surface area (Å²) in [5.41, 5.74) is 1.82. The van der Waals surface area contributed by atoms with E-state index in [4.69, 9.17) is 4.74 Å². The van der Waals surface area contributed by atoms with E-state index in [1.54, 1.807) is 25.4 Å². The molecule has 0 atom stereocenters. The smallest absolute Gasteiger partial charge is 0.251 e. The number of pyridine rings is 1. The molecule has 1 aromatic carbocycles. The van der Waals surface area contributed by atoms with Crippen molar-refractivity contribution in [3.05, 3.63) is 59.8 Å². The third-order valence-corrected chi connectivity index (χ3v) is 3.40. The molecular formula is C18H23N3O2. The van der Waals surface area contributed by atoms with Gasteiger partial charge in [-0.2, -0.15) is 0 Å². The first kappa shape index (κ1) is 17.0. The molecule has 0 aliphatic carbocycles. The zero-order chi connectivity index (χ0) is 16.3. The van der Waals surface area contributed by atoms with Crippen molar-refractivity contribution >= 4 is 11.7 Å². The molecular weight excluding hydrogens is 290 g/mol. The maximum Gasteiger partial charge on any atom is 0.251 e. The summed E-state index contributed by atoms with van der Waals surface area (Å²) in [6, 6.07) is 13.6. The predicted molar refractivity (Wildman–Crippen MR) is 91.7 cm³/mol. The third kappa shape index (κ3) is 6.08. The molecule has 1 amide bonds. The maximum absolute atomic E-state index is 12.2. The summed E-state index contributed by atoms with van der Waals surface area (Å²) in [4.78, 5) is 16.4. The lowest BCUT2D eigenvalue weighted by Crippen LogP contribution is -2.25. The summed E-state index contributed by atoms with van der Waals surface area (Å²) < 4.78 is 5.00. The Kier molecular flexibility index (Phi) is 7.07. The van der Waals surface area contributed by atoms with Crippen LogP contribution in [0.4, 0.5) is 5.82 Å². The van der Waals surface area contributed by atoms with Crippen molar-refractivity contribution in [2.45, 2.75) is 12.8 Å². The van der Waals surface area contributed by atoms with Crippen LogP contribution >= 0.6 is 0 Å². The molecule has 2 N–H and O–H groups in total. The van der Waals surface area contributed by atoms with E-state index in [2.05, 4.69) is 27.8 Å². The van der Waals surface area contributed by atoms with Crippen LogP contribution in [-0.2, 0) is 11.2 Å². The SMILES string of the molecule is COCCCNc1cc(C(=O)NCCc2ccccc2)ccn1. The number of hydrogen-bond acceptors (Lipinski definition) is 4. The van der Waals surface area contributed by atoms with E-state index in [0.29, 0.717) is 24.5 Å². The molecule has 0 unspecified atom stereocenters. The fourth-order valence-electron chi connectivity index (χ4n) is 2.17. The van der Waals surface area contributed by atoms with Gasteiger partial charge in [0.25, 0.3) is 5.91 Å². The second-order valence-electron chi connectivity index (χ2n) is 5.19. The molecule has 23 heavy (non-hydrogen) atoms. The first-order valence-corrected chi connectivity index (χ1v) is 7.80. The average molecular weight is 313 g/mol. The van der Waals surface area contributed by atoms with Gasteiger partial charge in [0.15, 0.2) is 0 Å². The van der Waals surface area contributed by atoms with Gasteiger partial charge in [-0.1, -0.05) is 30.3 Å². The number of rotatable bonds is 9. The number of nitrogens with one attached hydrogen (secondary N) is 2. The summed E-state index contributed by atoms with van der Waals surface area (Å²) >= 11 is 0. The highest BCUT2D eigenvalue weighted by molar-refractivity contribution is 5.94. The zero-order valence-electron chi connectivity index (χ0n) is 13.4. The van der Waals surface area contributed by atoms with Gasteiger partial charge < -0.3 is 15.4 Å². The number of aromatic nitrogens is 1. The van der Waals surface area contributed by atoms with Crippen LogP contribution in [0.15, 0.2) is 48.7 Å². The minimum Gasteiger partial charge on any atom is -0.385 e. The molecule has 122 valence electrons. The second-order valence-corrected chi connectivity index (χ2v) is 5.19. The van der Waals surface area contributed by atoms with Crippen LogP contribution in [0.5, 0.6) is 0 Å². The molecule has 1 heterocycles. The first-order chi connectivity index (χ1) is 11.3. The first-order valence-electron chi connectivity index (χ1n) is 7.80. The Balaban J connectivity index is 1.79. The molecule has 0 radical (unpaired) electrons. The molecule has 2 rings (SSSR count). The molecule has 5 heteroatoms. The summed E-state index contributed by atoms with van der Waals surface area (Å²) in [6.07, 6.45) is 3.36. The number of amides is 1. The largest absolute Gasteiger partial charge is 0.385 e. The van der Waals surface area contributed by atoms with Crippen LogP contribution in [0, 0.1) is 0 Å². The van der Waals surface area contributed by atoms with Crippen molar-refractivity contribution in [3.63, 3.8) is 0 Å². The van der Waals surface area contributed by atoms with E-state index in [1.165, 1.54) is 5.56 Å². The number of ether oxygens (including phenoxy) is 1. The Morgan fingerprint density at radius 3 is 2.78 bits per heavy atom. The van der Waals surface area contributed by atoms with E-state index in [9.17, 15) is 4.79 Å². The molecule has 0 bridgehead atoms. The number of hydrogen-bond donors (Lipinski definition) is 2. The molecule has 0 fully saturated rings. The van der Waals surface area contributed by atoms with Crippen molar-refractivity contribution in [1.82, 2.24) is 10.3 Å². The Morgan fingerprint density at radius 1 is 1.17 bits per heavy atom. The second kappa shape index (κ2) is 9.58. The lowest BCUT2D eigenvalue weighted by Gasteiger charge is -2.08. The van der Waals surface area contributed by atoms with E-state index in [0.717, 1.165) is 19.4 Å². The van der Waals surface area contributed by atoms with Crippen LogP contribution in [0.2, 0.25) is 0 Å². The van der Waals surface area contributed by atoms with Crippen LogP contribution in [-0.4, -0.2) is 37.7 Å². The Bertz CT molecular complexity index is 602. The highest BCUT2D eigenvalue weighted by Gasteiger charge is 2.06. The summed E-state index contributed by atoms with van der Waals surface area (Å²) in [6.45, 7) is 2.08. The van der Waals surface area contributed by atoms with Gasteiger partial charge in [-0.3, -0.25) is 4.79 Å². The van der Waals surface area contributed by atoms with Gasteiger partial charge in [0.05, 0.1) is 0 Å². The topological polar surface area (TPSA) is 63.2 Å². The van der Waals surface area contributed by atoms with E-state index < -0.39 is 0 Å². The fraction of sp³-hybridized carbons (Fsp3) is 0.333. The van der Waals surface area contributed by atoms with Gasteiger partial charge in [0.2, 0.25) is 0 Å². The Labute approximate surface area is 137 Å². The highest BCUT2D eigenvalue weighted by atomic mass is 16.5. The number of benzene rings is 1. The van der Waals surface area contributed by atoms with Crippen molar-refractivity contribution in [2.24, 2.45) is 0 Å². The van der Waals surface area contributed by atoms with Gasteiger partial charge >= 0.3 is 0 Å². The van der Waals surface area contributed by atoms with Gasteiger partial charge in [0, 0.05) is 38.6 Å². The highest BCUT2D eigenvalue weighted by Crippen LogP contribution is 2.07. The molecule has 0 saturated heterocycles. The zero-order valence-corrected chi connectivity index (χ0v) is 13.4. The summed E-state index contributed by atoms with van der Waals surface area (Å²) in [7, 11) is 1.68. The molecule has 0 spiro atoms. The standard InChI is InChI=1S/C18H23N3O2/c1-23-13-5-10-19-17-14-16(9-12-20-17)18(22)21-11-8-15-6-3-2-4-7-15/h2-4,6-7,9,12,14H,5,8,10-11,13H2,1H3,(H,19,20)(H,21,22). The quantitative estimate of drug-likeness (QED) is 0.698. The van der Waals surface area contributed by atoms with Crippen molar-refractivity contribution in [1.29, 1.82) is 0 Å². The van der Waals surface area contributed by atoms with Gasteiger partial charge in [0.1, 0.15) is 5.82 Å². The van der Waals surface area contributed by atoms with Crippen LogP contribution < -0.4 is 10.6 Å². The molecule has 5 nitrogen and oxygen atoms in total. The number of methoxy groups -OCH3 is 1. The molecule has 0 aliphatic heterocycles. The van der Waals surface area contributed by atoms with E-state index >= 15 is 0 Å². The molecule has 0 aliphatic rings. The van der Waals surface area contributed by atoms with Crippen LogP contribution in [0.1, 0.15) is 22.3 Å².